The van der Waals surface area contributed by atoms with E-state index in [4.69, 9.17) is 4.84 Å². The standard InChI is InChI=1S/C15H18N2OS/c1-11(2)18-17(14-5-4-8-16-10-14)13-6-7-15(19)12(3)9-13/h4-11,19H,1-3H3. The van der Waals surface area contributed by atoms with Gasteiger partial charge in [0.2, 0.25) is 0 Å². The second kappa shape index (κ2) is 6.08. The Bertz CT molecular complexity index is 543. The van der Waals surface area contributed by atoms with E-state index < -0.39 is 0 Å². The Kier molecular flexibility index (Phi) is 4.45. The van der Waals surface area contributed by atoms with Crippen molar-refractivity contribution in [1.82, 2.24) is 4.98 Å². The molecule has 0 aliphatic rings. The maximum absolute atomic E-state index is 5.89. The molecule has 0 radical (unpaired) electrons. The largest absolute Gasteiger partial charge is 0.266 e. The van der Waals surface area contributed by atoms with Gasteiger partial charge < -0.3 is 0 Å². The van der Waals surface area contributed by atoms with Crippen molar-refractivity contribution >= 4 is 24.0 Å². The van der Waals surface area contributed by atoms with Crippen molar-refractivity contribution in [1.29, 1.82) is 0 Å². The summed E-state index contributed by atoms with van der Waals surface area (Å²) < 4.78 is 0. The first kappa shape index (κ1) is 13.9. The van der Waals surface area contributed by atoms with Crippen LogP contribution < -0.4 is 5.06 Å². The van der Waals surface area contributed by atoms with Crippen molar-refractivity contribution in [3.05, 3.63) is 48.3 Å². The summed E-state index contributed by atoms with van der Waals surface area (Å²) in [5.74, 6) is 0. The van der Waals surface area contributed by atoms with Crippen LogP contribution in [0, 0.1) is 6.92 Å². The Morgan fingerprint density at radius 3 is 2.58 bits per heavy atom. The van der Waals surface area contributed by atoms with Crippen LogP contribution in [0.1, 0.15) is 19.4 Å². The fraction of sp³-hybridized carbons (Fsp3) is 0.267. The zero-order valence-electron chi connectivity index (χ0n) is 11.4. The van der Waals surface area contributed by atoms with Crippen LogP contribution in [0.15, 0.2) is 47.6 Å². The summed E-state index contributed by atoms with van der Waals surface area (Å²) >= 11 is 4.40. The Morgan fingerprint density at radius 1 is 1.21 bits per heavy atom. The molecule has 2 aromatic rings. The van der Waals surface area contributed by atoms with E-state index in [1.54, 1.807) is 17.5 Å². The summed E-state index contributed by atoms with van der Waals surface area (Å²) in [6.07, 6.45) is 3.61. The molecule has 0 atom stereocenters. The summed E-state index contributed by atoms with van der Waals surface area (Å²) in [6, 6.07) is 9.88. The smallest absolute Gasteiger partial charge is 0.0878 e. The molecule has 3 nitrogen and oxygen atoms in total. The molecular weight excluding hydrogens is 256 g/mol. The highest BCUT2D eigenvalue weighted by Gasteiger charge is 2.13. The third kappa shape index (κ3) is 3.49. The molecule has 0 saturated heterocycles. The topological polar surface area (TPSA) is 25.4 Å². The van der Waals surface area contributed by atoms with E-state index in [1.165, 1.54) is 0 Å². The molecule has 1 aromatic heterocycles. The Morgan fingerprint density at radius 2 is 2.00 bits per heavy atom. The van der Waals surface area contributed by atoms with Gasteiger partial charge in [0.25, 0.3) is 0 Å². The fourth-order valence-electron chi connectivity index (χ4n) is 1.72. The Labute approximate surface area is 119 Å². The van der Waals surface area contributed by atoms with Gasteiger partial charge in [-0.15, -0.1) is 12.6 Å². The van der Waals surface area contributed by atoms with E-state index in [0.29, 0.717) is 0 Å². The Balaban J connectivity index is 2.40. The lowest BCUT2D eigenvalue weighted by atomic mass is 10.2. The minimum atomic E-state index is 0.0798. The number of benzene rings is 1. The molecular formula is C15H18N2OS. The molecule has 0 spiro atoms. The van der Waals surface area contributed by atoms with Crippen LogP contribution in [0.4, 0.5) is 11.4 Å². The van der Waals surface area contributed by atoms with E-state index in [0.717, 1.165) is 21.8 Å². The van der Waals surface area contributed by atoms with Gasteiger partial charge in [-0.05, 0) is 56.7 Å². The number of aromatic nitrogens is 1. The van der Waals surface area contributed by atoms with E-state index in [-0.39, 0.29) is 6.10 Å². The van der Waals surface area contributed by atoms with Gasteiger partial charge in [0, 0.05) is 11.1 Å². The van der Waals surface area contributed by atoms with Crippen LogP contribution in [-0.4, -0.2) is 11.1 Å². The molecule has 1 heterocycles. The van der Waals surface area contributed by atoms with Crippen molar-refractivity contribution in [3.63, 3.8) is 0 Å². The number of rotatable bonds is 4. The maximum atomic E-state index is 5.89. The van der Waals surface area contributed by atoms with Crippen LogP contribution >= 0.6 is 12.6 Å². The first-order valence-electron chi connectivity index (χ1n) is 6.24. The number of aryl methyl sites for hydroxylation is 1. The van der Waals surface area contributed by atoms with Gasteiger partial charge in [0.15, 0.2) is 0 Å². The van der Waals surface area contributed by atoms with Crippen LogP contribution in [0.25, 0.3) is 0 Å². The third-order valence-electron chi connectivity index (χ3n) is 2.61. The number of hydrogen-bond acceptors (Lipinski definition) is 4. The van der Waals surface area contributed by atoms with E-state index in [9.17, 15) is 0 Å². The molecule has 0 saturated carbocycles. The predicted octanol–water partition coefficient (Wildman–Crippen LogP) is 4.16. The number of hydrogen-bond donors (Lipinski definition) is 1. The summed E-state index contributed by atoms with van der Waals surface area (Å²) in [6.45, 7) is 6.04. The summed E-state index contributed by atoms with van der Waals surface area (Å²) in [4.78, 5) is 11.0. The van der Waals surface area contributed by atoms with Gasteiger partial charge in [0.05, 0.1) is 23.7 Å². The first-order valence-corrected chi connectivity index (χ1v) is 6.69. The molecule has 19 heavy (non-hydrogen) atoms. The molecule has 1 aromatic carbocycles. The van der Waals surface area contributed by atoms with Crippen LogP contribution in [0.3, 0.4) is 0 Å². The Hall–Kier alpha value is -1.52. The van der Waals surface area contributed by atoms with Gasteiger partial charge in [-0.25, -0.2) is 5.06 Å². The molecule has 0 N–H and O–H groups in total. The summed E-state index contributed by atoms with van der Waals surface area (Å²) in [5.41, 5.74) is 2.99. The molecule has 0 aliphatic heterocycles. The van der Waals surface area contributed by atoms with Crippen molar-refractivity contribution in [3.8, 4) is 0 Å². The SMILES string of the molecule is Cc1cc(N(OC(C)C)c2cccnc2)ccc1S. The quantitative estimate of drug-likeness (QED) is 0.669. The van der Waals surface area contributed by atoms with Gasteiger partial charge in [-0.2, -0.15) is 0 Å². The number of nitrogens with zero attached hydrogens (tertiary/aromatic N) is 2. The van der Waals surface area contributed by atoms with Crippen molar-refractivity contribution in [2.45, 2.75) is 31.8 Å². The minimum Gasteiger partial charge on any atom is -0.266 e. The molecule has 4 heteroatoms. The van der Waals surface area contributed by atoms with Gasteiger partial charge in [0.1, 0.15) is 0 Å². The number of pyridine rings is 1. The van der Waals surface area contributed by atoms with E-state index in [1.807, 2.05) is 45.0 Å². The average molecular weight is 274 g/mol. The highest BCUT2D eigenvalue weighted by Crippen LogP contribution is 2.28. The van der Waals surface area contributed by atoms with Crippen molar-refractivity contribution in [2.24, 2.45) is 0 Å². The number of anilines is 2. The lowest BCUT2D eigenvalue weighted by Crippen LogP contribution is -2.22. The molecule has 0 amide bonds. The molecule has 2 rings (SSSR count). The highest BCUT2D eigenvalue weighted by molar-refractivity contribution is 7.80. The van der Waals surface area contributed by atoms with Crippen LogP contribution in [0.5, 0.6) is 0 Å². The molecule has 0 aliphatic carbocycles. The van der Waals surface area contributed by atoms with Crippen molar-refractivity contribution in [2.75, 3.05) is 5.06 Å². The highest BCUT2D eigenvalue weighted by atomic mass is 32.1. The molecule has 0 fully saturated rings. The lowest BCUT2D eigenvalue weighted by molar-refractivity contribution is 0.0792. The molecule has 0 bridgehead atoms. The monoisotopic (exact) mass is 274 g/mol. The summed E-state index contributed by atoms with van der Waals surface area (Å²) in [7, 11) is 0. The zero-order valence-corrected chi connectivity index (χ0v) is 12.3. The van der Waals surface area contributed by atoms with Gasteiger partial charge in [-0.1, -0.05) is 0 Å². The average Bonchev–Trinajstić information content (AvgIpc) is 2.40. The molecule has 0 unspecified atom stereocenters. The van der Waals surface area contributed by atoms with E-state index in [2.05, 4.69) is 23.7 Å². The summed E-state index contributed by atoms with van der Waals surface area (Å²) in [5, 5.41) is 1.80. The fourth-order valence-corrected chi connectivity index (χ4v) is 1.86. The van der Waals surface area contributed by atoms with Gasteiger partial charge >= 0.3 is 0 Å². The normalized spacial score (nSPS) is 10.8. The third-order valence-corrected chi connectivity index (χ3v) is 3.11. The zero-order chi connectivity index (χ0) is 13.8. The minimum absolute atomic E-state index is 0.0798. The second-order valence-electron chi connectivity index (χ2n) is 4.63. The van der Waals surface area contributed by atoms with Crippen molar-refractivity contribution < 1.29 is 4.84 Å². The second-order valence-corrected chi connectivity index (χ2v) is 5.11. The lowest BCUT2D eigenvalue weighted by Gasteiger charge is -2.26. The number of thiol groups is 1. The first-order chi connectivity index (χ1) is 9.08. The van der Waals surface area contributed by atoms with Gasteiger partial charge in [-0.3, -0.25) is 9.82 Å². The van der Waals surface area contributed by atoms with Crippen LogP contribution in [-0.2, 0) is 4.84 Å². The predicted molar refractivity (Wildman–Crippen MR) is 81.0 cm³/mol. The molecule has 100 valence electrons. The van der Waals surface area contributed by atoms with Crippen LogP contribution in [0.2, 0.25) is 0 Å². The maximum Gasteiger partial charge on any atom is 0.0878 e. The van der Waals surface area contributed by atoms with E-state index >= 15 is 0 Å².